The van der Waals surface area contributed by atoms with Crippen LogP contribution in [0.25, 0.3) is 0 Å². The van der Waals surface area contributed by atoms with Gasteiger partial charge in [-0.25, -0.2) is 0 Å². The summed E-state index contributed by atoms with van der Waals surface area (Å²) in [5, 5.41) is 9.30. The van der Waals surface area contributed by atoms with Gasteiger partial charge < -0.3 is 5.11 Å². The number of allylic oxidation sites excluding steroid dienone is 4. The van der Waals surface area contributed by atoms with Gasteiger partial charge in [0.05, 0.1) is 6.10 Å². The van der Waals surface area contributed by atoms with Crippen LogP contribution in [-0.4, -0.2) is 11.2 Å². The fourth-order valence-corrected chi connectivity index (χ4v) is 0.719. The van der Waals surface area contributed by atoms with Crippen LogP contribution in [0, 0.1) is 0 Å². The summed E-state index contributed by atoms with van der Waals surface area (Å²) in [7, 11) is 0. The van der Waals surface area contributed by atoms with E-state index in [2.05, 4.69) is 6.58 Å². The topological polar surface area (TPSA) is 20.2 Å². The minimum absolute atomic E-state index is 0.301. The molecule has 0 aromatic rings. The summed E-state index contributed by atoms with van der Waals surface area (Å²) in [5.74, 6) is 0. The van der Waals surface area contributed by atoms with Crippen molar-refractivity contribution in [3.8, 4) is 0 Å². The van der Waals surface area contributed by atoms with Gasteiger partial charge in [-0.1, -0.05) is 51.7 Å². The molecule has 0 aromatic carbocycles. The van der Waals surface area contributed by atoms with Gasteiger partial charge in [-0.05, 0) is 18.9 Å². The molecule has 1 nitrogen and oxygen atoms in total. The van der Waals surface area contributed by atoms with E-state index in [9.17, 15) is 5.11 Å². The third kappa shape index (κ3) is 9.09. The van der Waals surface area contributed by atoms with Gasteiger partial charge in [-0.3, -0.25) is 0 Å². The van der Waals surface area contributed by atoms with E-state index in [0.717, 1.165) is 12.0 Å². The Morgan fingerprint density at radius 3 is 2.31 bits per heavy atom. The summed E-state index contributed by atoms with van der Waals surface area (Å²) in [6, 6.07) is 0. The van der Waals surface area contributed by atoms with E-state index < -0.39 is 0 Å². The molecule has 0 aliphatic heterocycles. The summed E-state index contributed by atoms with van der Waals surface area (Å²) in [4.78, 5) is 0. The Morgan fingerprint density at radius 1 is 1.38 bits per heavy atom. The first-order valence-corrected chi connectivity index (χ1v) is 4.86. The lowest BCUT2D eigenvalue weighted by molar-refractivity contribution is 0.206. The van der Waals surface area contributed by atoms with Gasteiger partial charge in [0, 0.05) is 0 Å². The lowest BCUT2D eigenvalue weighted by Crippen LogP contribution is -2.04. The molecule has 0 aliphatic rings. The lowest BCUT2D eigenvalue weighted by Gasteiger charge is -2.05. The predicted octanol–water partition coefficient (Wildman–Crippen LogP) is 3.47. The van der Waals surface area contributed by atoms with Crippen molar-refractivity contribution >= 4 is 0 Å². The van der Waals surface area contributed by atoms with E-state index >= 15 is 0 Å². The molecule has 0 fully saturated rings. The van der Waals surface area contributed by atoms with Gasteiger partial charge in [0.1, 0.15) is 0 Å². The molecule has 0 amide bonds. The molecule has 0 aliphatic carbocycles. The maximum atomic E-state index is 9.30. The third-order valence-corrected chi connectivity index (χ3v) is 1.52. The monoisotopic (exact) mass is 182 g/mol. The third-order valence-electron chi connectivity index (χ3n) is 1.52. The van der Waals surface area contributed by atoms with E-state index in [1.807, 2.05) is 45.9 Å². The van der Waals surface area contributed by atoms with Gasteiger partial charge in [0.25, 0.3) is 0 Å². The Labute approximate surface area is 82.5 Å². The molecular weight excluding hydrogens is 160 g/mol. The zero-order chi connectivity index (χ0) is 10.7. The Morgan fingerprint density at radius 2 is 1.92 bits per heavy atom. The minimum Gasteiger partial charge on any atom is -0.389 e. The predicted molar refractivity (Wildman–Crippen MR) is 60.7 cm³/mol. The molecule has 0 saturated carbocycles. The van der Waals surface area contributed by atoms with Crippen molar-refractivity contribution in [3.05, 3.63) is 36.5 Å². The van der Waals surface area contributed by atoms with Gasteiger partial charge in [0.2, 0.25) is 0 Å². The number of hydrogen-bond donors (Lipinski definition) is 1. The summed E-state index contributed by atoms with van der Waals surface area (Å²) >= 11 is 0. The molecule has 0 radical (unpaired) electrons. The number of aliphatic hydroxyl groups is 1. The van der Waals surface area contributed by atoms with Crippen LogP contribution in [0.15, 0.2) is 36.5 Å². The summed E-state index contributed by atoms with van der Waals surface area (Å²) in [6.45, 7) is 11.4. The van der Waals surface area contributed by atoms with E-state index in [-0.39, 0.29) is 6.10 Å². The number of aliphatic hydroxyl groups excluding tert-OH is 1. The van der Waals surface area contributed by atoms with Crippen molar-refractivity contribution in [2.24, 2.45) is 0 Å². The first-order chi connectivity index (χ1) is 6.22. The lowest BCUT2D eigenvalue weighted by atomic mass is 10.1. The SMILES string of the molecule is C=C/C=C\C=C(/C)C(O)CC.CC. The average molecular weight is 182 g/mol. The van der Waals surface area contributed by atoms with Crippen molar-refractivity contribution in [2.75, 3.05) is 0 Å². The second-order valence-corrected chi connectivity index (χ2v) is 2.46. The molecule has 0 bridgehead atoms. The Hall–Kier alpha value is -0.820. The molecule has 1 atom stereocenters. The fourth-order valence-electron chi connectivity index (χ4n) is 0.719. The van der Waals surface area contributed by atoms with Crippen LogP contribution >= 0.6 is 0 Å². The Kier molecular flexibility index (Phi) is 12.6. The Bertz CT molecular complexity index is 166. The van der Waals surface area contributed by atoms with Gasteiger partial charge in [0.15, 0.2) is 0 Å². The van der Waals surface area contributed by atoms with Crippen molar-refractivity contribution in [1.82, 2.24) is 0 Å². The van der Waals surface area contributed by atoms with Crippen molar-refractivity contribution in [2.45, 2.75) is 40.2 Å². The molecular formula is C12H22O. The molecule has 13 heavy (non-hydrogen) atoms. The summed E-state index contributed by atoms with van der Waals surface area (Å²) < 4.78 is 0. The van der Waals surface area contributed by atoms with Crippen LogP contribution < -0.4 is 0 Å². The molecule has 0 spiro atoms. The summed E-state index contributed by atoms with van der Waals surface area (Å²) in [5.41, 5.74) is 0.991. The van der Waals surface area contributed by atoms with Crippen molar-refractivity contribution in [1.29, 1.82) is 0 Å². The van der Waals surface area contributed by atoms with Crippen LogP contribution in [0.1, 0.15) is 34.1 Å². The highest BCUT2D eigenvalue weighted by atomic mass is 16.3. The smallest absolute Gasteiger partial charge is 0.0747 e. The van der Waals surface area contributed by atoms with E-state index in [0.29, 0.717) is 0 Å². The molecule has 76 valence electrons. The fraction of sp³-hybridized carbons (Fsp3) is 0.500. The van der Waals surface area contributed by atoms with E-state index in [1.165, 1.54) is 0 Å². The van der Waals surface area contributed by atoms with Gasteiger partial charge in [-0.2, -0.15) is 0 Å². The highest BCUT2D eigenvalue weighted by Crippen LogP contribution is 2.04. The second kappa shape index (κ2) is 11.2. The summed E-state index contributed by atoms with van der Waals surface area (Å²) in [6.07, 6.45) is 7.79. The van der Waals surface area contributed by atoms with Gasteiger partial charge >= 0.3 is 0 Å². The molecule has 0 rings (SSSR count). The first kappa shape index (κ1) is 14.7. The highest BCUT2D eigenvalue weighted by molar-refractivity contribution is 5.16. The number of hydrogen-bond acceptors (Lipinski definition) is 1. The van der Waals surface area contributed by atoms with E-state index in [4.69, 9.17) is 0 Å². The van der Waals surface area contributed by atoms with E-state index in [1.54, 1.807) is 6.08 Å². The molecule has 1 unspecified atom stereocenters. The zero-order valence-corrected chi connectivity index (χ0v) is 9.25. The van der Waals surface area contributed by atoms with Crippen LogP contribution in [0.3, 0.4) is 0 Å². The molecule has 1 N–H and O–H groups in total. The molecule has 1 heteroatoms. The normalized spacial score (nSPS) is 13.5. The molecule has 0 aromatic heterocycles. The standard InChI is InChI=1S/C10H16O.C2H6/c1-4-6-7-8-9(3)10(11)5-2;1-2/h4,6-8,10-11H,1,5H2,2-3H3;1-2H3/b7-6-,9-8+;. The maximum absolute atomic E-state index is 9.30. The Balaban J connectivity index is 0. The minimum atomic E-state index is -0.301. The van der Waals surface area contributed by atoms with Crippen LogP contribution in [-0.2, 0) is 0 Å². The van der Waals surface area contributed by atoms with Crippen molar-refractivity contribution in [3.63, 3.8) is 0 Å². The molecule has 0 saturated heterocycles. The molecule has 0 heterocycles. The highest BCUT2D eigenvalue weighted by Gasteiger charge is 1.99. The largest absolute Gasteiger partial charge is 0.389 e. The number of rotatable bonds is 4. The quantitative estimate of drug-likeness (QED) is 0.660. The first-order valence-electron chi connectivity index (χ1n) is 4.86. The van der Waals surface area contributed by atoms with Crippen molar-refractivity contribution < 1.29 is 5.11 Å². The van der Waals surface area contributed by atoms with Crippen LogP contribution in [0.5, 0.6) is 0 Å². The van der Waals surface area contributed by atoms with Crippen LogP contribution in [0.4, 0.5) is 0 Å². The average Bonchev–Trinajstić information content (AvgIpc) is 2.20. The van der Waals surface area contributed by atoms with Gasteiger partial charge in [-0.15, -0.1) is 0 Å². The zero-order valence-electron chi connectivity index (χ0n) is 9.25. The second-order valence-electron chi connectivity index (χ2n) is 2.46. The van der Waals surface area contributed by atoms with Crippen LogP contribution in [0.2, 0.25) is 0 Å². The maximum Gasteiger partial charge on any atom is 0.0747 e.